The summed E-state index contributed by atoms with van der Waals surface area (Å²) in [5, 5.41) is 0. The lowest BCUT2D eigenvalue weighted by Crippen LogP contribution is -2.14. The van der Waals surface area contributed by atoms with Crippen LogP contribution in [0.2, 0.25) is 0 Å². The van der Waals surface area contributed by atoms with Crippen LogP contribution in [0.4, 0.5) is 0 Å². The van der Waals surface area contributed by atoms with E-state index in [0.29, 0.717) is 10.7 Å². The number of benzene rings is 1. The van der Waals surface area contributed by atoms with Crippen molar-refractivity contribution < 1.29 is 0 Å². The molecule has 0 spiro atoms. The van der Waals surface area contributed by atoms with E-state index >= 15 is 0 Å². The van der Waals surface area contributed by atoms with E-state index in [2.05, 4.69) is 65.8 Å². The smallest absolute Gasteiger partial charge is 0.0275 e. The number of halogens is 1. The van der Waals surface area contributed by atoms with Crippen molar-refractivity contribution in [3.63, 3.8) is 0 Å². The van der Waals surface area contributed by atoms with E-state index in [1.54, 1.807) is 0 Å². The Labute approximate surface area is 111 Å². The molecule has 0 N–H and O–H groups in total. The Morgan fingerprint density at radius 1 is 1.25 bits per heavy atom. The van der Waals surface area contributed by atoms with Crippen LogP contribution in [0.1, 0.15) is 30.9 Å². The van der Waals surface area contributed by atoms with E-state index in [4.69, 9.17) is 0 Å². The molecule has 16 heavy (non-hydrogen) atoms. The van der Waals surface area contributed by atoms with Gasteiger partial charge in [0.05, 0.1) is 0 Å². The molecule has 1 heterocycles. The summed E-state index contributed by atoms with van der Waals surface area (Å²) in [6, 6.07) is 9.17. The van der Waals surface area contributed by atoms with Crippen LogP contribution in [0, 0.1) is 5.92 Å². The predicted octanol–water partition coefficient (Wildman–Crippen LogP) is 4.48. The highest BCUT2D eigenvalue weighted by atomic mass is 79.9. The van der Waals surface area contributed by atoms with Gasteiger partial charge in [0.25, 0.3) is 0 Å². The summed E-state index contributed by atoms with van der Waals surface area (Å²) in [5.74, 6) is 4.03. The minimum Gasteiger partial charge on any atom is -0.160 e. The van der Waals surface area contributed by atoms with Crippen LogP contribution >= 0.6 is 27.7 Å². The fourth-order valence-electron chi connectivity index (χ4n) is 2.10. The molecule has 0 aromatic heterocycles. The summed E-state index contributed by atoms with van der Waals surface area (Å²) < 4.78 is 0. The molecule has 0 saturated carbocycles. The van der Waals surface area contributed by atoms with Crippen molar-refractivity contribution in [2.24, 2.45) is 5.92 Å². The molecule has 2 unspecified atom stereocenters. The largest absolute Gasteiger partial charge is 0.160 e. The Balaban J connectivity index is 1.99. The van der Waals surface area contributed by atoms with Gasteiger partial charge in [0.15, 0.2) is 0 Å². The van der Waals surface area contributed by atoms with Gasteiger partial charge in [-0.2, -0.15) is 11.8 Å². The molecule has 0 amide bonds. The van der Waals surface area contributed by atoms with E-state index in [9.17, 15) is 0 Å². The first kappa shape index (κ1) is 12.5. The van der Waals surface area contributed by atoms with Gasteiger partial charge in [-0.1, -0.05) is 54.0 Å². The Bertz CT molecular complexity index is 331. The monoisotopic (exact) mass is 298 g/mol. The molecule has 0 radical (unpaired) electrons. The van der Waals surface area contributed by atoms with Gasteiger partial charge in [0, 0.05) is 10.6 Å². The van der Waals surface area contributed by atoms with Crippen LogP contribution < -0.4 is 0 Å². The van der Waals surface area contributed by atoms with Crippen LogP contribution in [-0.4, -0.2) is 16.3 Å². The molecule has 1 saturated heterocycles. The molecule has 1 fully saturated rings. The van der Waals surface area contributed by atoms with E-state index in [1.807, 2.05) is 0 Å². The third kappa shape index (κ3) is 3.04. The predicted molar refractivity (Wildman–Crippen MR) is 77.8 cm³/mol. The minimum atomic E-state index is 0.639. The number of thioether (sulfide) groups is 1. The lowest BCUT2D eigenvalue weighted by atomic mass is 9.96. The molecular weight excluding hydrogens is 280 g/mol. The highest BCUT2D eigenvalue weighted by Gasteiger charge is 2.25. The van der Waals surface area contributed by atoms with E-state index < -0.39 is 0 Å². The number of hydrogen-bond acceptors (Lipinski definition) is 1. The topological polar surface area (TPSA) is 0 Å². The van der Waals surface area contributed by atoms with Crippen molar-refractivity contribution in [3.05, 3.63) is 35.4 Å². The summed E-state index contributed by atoms with van der Waals surface area (Å²) in [4.78, 5) is 0.710. The minimum absolute atomic E-state index is 0.639. The van der Waals surface area contributed by atoms with Crippen molar-refractivity contribution in [2.75, 3.05) is 11.5 Å². The molecule has 2 heteroatoms. The highest BCUT2D eigenvalue weighted by Crippen LogP contribution is 2.32. The van der Waals surface area contributed by atoms with Gasteiger partial charge in [0.2, 0.25) is 0 Å². The summed E-state index contributed by atoms with van der Waals surface area (Å²) in [6.07, 6.45) is 1.22. The van der Waals surface area contributed by atoms with Crippen LogP contribution in [0.5, 0.6) is 0 Å². The second kappa shape index (κ2) is 5.59. The number of hydrogen-bond donors (Lipinski definition) is 0. The van der Waals surface area contributed by atoms with Gasteiger partial charge in [-0.05, 0) is 35.1 Å². The summed E-state index contributed by atoms with van der Waals surface area (Å²) in [7, 11) is 0. The van der Waals surface area contributed by atoms with Gasteiger partial charge < -0.3 is 0 Å². The Morgan fingerprint density at radius 2 is 1.94 bits per heavy atom. The molecule has 1 aromatic carbocycles. The summed E-state index contributed by atoms with van der Waals surface area (Å²) in [6.45, 7) is 4.49. The zero-order valence-corrected chi connectivity index (χ0v) is 12.4. The second-order valence-corrected chi connectivity index (χ2v) is 7.16. The van der Waals surface area contributed by atoms with E-state index in [0.717, 1.165) is 5.92 Å². The molecule has 0 bridgehead atoms. The summed E-state index contributed by atoms with van der Waals surface area (Å²) in [5.41, 5.74) is 2.93. The van der Waals surface area contributed by atoms with Crippen LogP contribution in [-0.2, 0) is 6.42 Å². The normalized spacial score (nSPS) is 25.2. The molecule has 1 aliphatic heterocycles. The molecule has 88 valence electrons. The third-order valence-electron chi connectivity index (χ3n) is 3.26. The average molecular weight is 299 g/mol. The molecule has 2 atom stereocenters. The fourth-order valence-corrected chi connectivity index (χ4v) is 4.57. The van der Waals surface area contributed by atoms with Gasteiger partial charge in [-0.25, -0.2) is 0 Å². The SMILES string of the molecule is CC(C)c1ccc(CC2CSCC2Br)cc1. The first-order chi connectivity index (χ1) is 7.66. The maximum absolute atomic E-state index is 3.78. The lowest BCUT2D eigenvalue weighted by Gasteiger charge is -2.13. The van der Waals surface area contributed by atoms with Crippen LogP contribution in [0.3, 0.4) is 0 Å². The maximum Gasteiger partial charge on any atom is 0.0275 e. The van der Waals surface area contributed by atoms with Gasteiger partial charge in [0.1, 0.15) is 0 Å². The highest BCUT2D eigenvalue weighted by molar-refractivity contribution is 9.09. The Morgan fingerprint density at radius 3 is 2.44 bits per heavy atom. The quantitative estimate of drug-likeness (QED) is 0.742. The Kier molecular flexibility index (Phi) is 4.37. The first-order valence-electron chi connectivity index (χ1n) is 5.97. The molecule has 0 aliphatic carbocycles. The second-order valence-electron chi connectivity index (χ2n) is 4.91. The zero-order valence-electron chi connectivity index (χ0n) is 9.95. The van der Waals surface area contributed by atoms with Gasteiger partial charge >= 0.3 is 0 Å². The molecule has 1 aliphatic rings. The third-order valence-corrected chi connectivity index (χ3v) is 6.02. The van der Waals surface area contributed by atoms with Crippen molar-refractivity contribution in [1.82, 2.24) is 0 Å². The van der Waals surface area contributed by atoms with E-state index in [1.165, 1.54) is 29.1 Å². The summed E-state index contributed by atoms with van der Waals surface area (Å²) >= 11 is 5.85. The van der Waals surface area contributed by atoms with Gasteiger partial charge in [-0.15, -0.1) is 0 Å². The first-order valence-corrected chi connectivity index (χ1v) is 8.04. The lowest BCUT2D eigenvalue weighted by molar-refractivity contribution is 0.616. The molecule has 1 aromatic rings. The standard InChI is InChI=1S/C14H19BrS/c1-10(2)12-5-3-11(4-6-12)7-13-8-16-9-14(13)15/h3-6,10,13-14H,7-9H2,1-2H3. The Hall–Kier alpha value is 0.0500. The van der Waals surface area contributed by atoms with E-state index in [-0.39, 0.29) is 0 Å². The van der Waals surface area contributed by atoms with Crippen LogP contribution in [0.25, 0.3) is 0 Å². The average Bonchev–Trinajstić information content (AvgIpc) is 2.65. The molecule has 0 nitrogen and oxygen atoms in total. The zero-order chi connectivity index (χ0) is 11.5. The molecular formula is C14H19BrS. The maximum atomic E-state index is 3.78. The number of rotatable bonds is 3. The number of alkyl halides is 1. The molecule has 2 rings (SSSR count). The van der Waals surface area contributed by atoms with Crippen LogP contribution in [0.15, 0.2) is 24.3 Å². The van der Waals surface area contributed by atoms with Crippen molar-refractivity contribution in [1.29, 1.82) is 0 Å². The van der Waals surface area contributed by atoms with Crippen molar-refractivity contribution in [3.8, 4) is 0 Å². The van der Waals surface area contributed by atoms with Crippen molar-refractivity contribution in [2.45, 2.75) is 31.0 Å². The van der Waals surface area contributed by atoms with Crippen molar-refractivity contribution >= 4 is 27.7 Å². The fraction of sp³-hybridized carbons (Fsp3) is 0.571. The van der Waals surface area contributed by atoms with Gasteiger partial charge in [-0.3, -0.25) is 0 Å².